The lowest BCUT2D eigenvalue weighted by atomic mass is 10.1. The molecule has 0 fully saturated rings. The van der Waals surface area contributed by atoms with Gasteiger partial charge in [0.05, 0.1) is 21.1 Å². The standard InChI is InChI=1S/C15H9ClF3NO3/c1-2-9-7-11(4-5-13(9)20(21)22)23-14-6-3-10(8-12(14)16)15(17,18)19/h2-8H,1H2. The summed E-state index contributed by atoms with van der Waals surface area (Å²) in [6.07, 6.45) is -3.23. The molecule has 0 aliphatic heterocycles. The summed E-state index contributed by atoms with van der Waals surface area (Å²) in [5, 5.41) is 10.6. The van der Waals surface area contributed by atoms with E-state index >= 15 is 0 Å². The third-order valence-electron chi connectivity index (χ3n) is 2.90. The molecule has 2 aromatic carbocycles. The van der Waals surface area contributed by atoms with Gasteiger partial charge in [0, 0.05) is 6.07 Å². The van der Waals surface area contributed by atoms with Gasteiger partial charge in [-0.25, -0.2) is 0 Å². The largest absolute Gasteiger partial charge is 0.456 e. The lowest BCUT2D eigenvalue weighted by Gasteiger charge is -2.11. The highest BCUT2D eigenvalue weighted by Crippen LogP contribution is 2.37. The molecule has 0 atom stereocenters. The molecule has 23 heavy (non-hydrogen) atoms. The maximum atomic E-state index is 12.6. The van der Waals surface area contributed by atoms with Gasteiger partial charge in [0.1, 0.15) is 11.5 Å². The van der Waals surface area contributed by atoms with Crippen molar-refractivity contribution in [1.82, 2.24) is 0 Å². The maximum Gasteiger partial charge on any atom is 0.416 e. The smallest absolute Gasteiger partial charge is 0.416 e. The van der Waals surface area contributed by atoms with Crippen molar-refractivity contribution in [2.75, 3.05) is 0 Å². The topological polar surface area (TPSA) is 52.4 Å². The fraction of sp³-hybridized carbons (Fsp3) is 0.0667. The second kappa shape index (κ2) is 6.29. The van der Waals surface area contributed by atoms with Gasteiger partial charge >= 0.3 is 6.18 Å². The van der Waals surface area contributed by atoms with Crippen molar-refractivity contribution in [2.45, 2.75) is 6.18 Å². The molecule has 0 amide bonds. The van der Waals surface area contributed by atoms with E-state index in [1.165, 1.54) is 24.3 Å². The van der Waals surface area contributed by atoms with Crippen molar-refractivity contribution in [2.24, 2.45) is 0 Å². The molecule has 0 aliphatic rings. The number of nitrogens with zero attached hydrogens (tertiary/aromatic N) is 1. The number of nitro benzene ring substituents is 1. The van der Waals surface area contributed by atoms with Gasteiger partial charge in [0.2, 0.25) is 0 Å². The maximum absolute atomic E-state index is 12.6. The van der Waals surface area contributed by atoms with Gasteiger partial charge in [-0.2, -0.15) is 13.2 Å². The van der Waals surface area contributed by atoms with Crippen molar-refractivity contribution in [3.63, 3.8) is 0 Å². The third kappa shape index (κ3) is 3.81. The summed E-state index contributed by atoms with van der Waals surface area (Å²) in [5.41, 5.74) is -0.841. The summed E-state index contributed by atoms with van der Waals surface area (Å²) in [4.78, 5) is 10.2. The first-order chi connectivity index (χ1) is 10.7. The lowest BCUT2D eigenvalue weighted by Crippen LogP contribution is -2.04. The fourth-order valence-electron chi connectivity index (χ4n) is 1.81. The van der Waals surface area contributed by atoms with Crippen molar-refractivity contribution in [1.29, 1.82) is 0 Å². The van der Waals surface area contributed by atoms with Crippen molar-refractivity contribution >= 4 is 23.4 Å². The third-order valence-corrected chi connectivity index (χ3v) is 3.20. The highest BCUT2D eigenvalue weighted by Gasteiger charge is 2.31. The van der Waals surface area contributed by atoms with Crippen LogP contribution in [-0.2, 0) is 6.18 Å². The predicted molar refractivity (Wildman–Crippen MR) is 79.7 cm³/mol. The SMILES string of the molecule is C=Cc1cc(Oc2ccc(C(F)(F)F)cc2Cl)ccc1[N+](=O)[O-]. The van der Waals surface area contributed by atoms with E-state index in [2.05, 4.69) is 6.58 Å². The van der Waals surface area contributed by atoms with Gasteiger partial charge in [0.15, 0.2) is 0 Å². The van der Waals surface area contributed by atoms with Crippen LogP contribution >= 0.6 is 11.6 Å². The monoisotopic (exact) mass is 343 g/mol. The molecule has 0 unspecified atom stereocenters. The van der Waals surface area contributed by atoms with Crippen LogP contribution in [0.5, 0.6) is 11.5 Å². The minimum Gasteiger partial charge on any atom is -0.456 e. The summed E-state index contributed by atoms with van der Waals surface area (Å²) in [6, 6.07) is 6.54. The molecule has 8 heteroatoms. The summed E-state index contributed by atoms with van der Waals surface area (Å²) in [5.74, 6) is 0.190. The molecule has 0 aliphatic carbocycles. The number of ether oxygens (including phenoxy) is 1. The molecule has 0 heterocycles. The summed E-state index contributed by atoms with van der Waals surface area (Å²) < 4.78 is 43.1. The number of halogens is 4. The Hall–Kier alpha value is -2.54. The average molecular weight is 344 g/mol. The molecule has 2 rings (SSSR count). The lowest BCUT2D eigenvalue weighted by molar-refractivity contribution is -0.385. The second-order valence-electron chi connectivity index (χ2n) is 4.43. The van der Waals surface area contributed by atoms with Gasteiger partial charge in [0.25, 0.3) is 5.69 Å². The molecule has 2 aromatic rings. The van der Waals surface area contributed by atoms with Crippen LogP contribution in [0.15, 0.2) is 43.0 Å². The Bertz CT molecular complexity index is 775. The minimum atomic E-state index is -4.51. The first kappa shape index (κ1) is 16.8. The Balaban J connectivity index is 2.33. The van der Waals surface area contributed by atoms with Crippen LogP contribution in [0.1, 0.15) is 11.1 Å². The van der Waals surface area contributed by atoms with Crippen LogP contribution in [0.25, 0.3) is 6.08 Å². The highest BCUT2D eigenvalue weighted by atomic mass is 35.5. The Labute approximate surface area is 133 Å². The normalized spacial score (nSPS) is 11.1. The molecular formula is C15H9ClF3NO3. The molecule has 0 saturated heterocycles. The molecule has 0 spiro atoms. The second-order valence-corrected chi connectivity index (χ2v) is 4.83. The van der Waals surface area contributed by atoms with Crippen molar-refractivity contribution in [3.05, 3.63) is 69.2 Å². The molecule has 4 nitrogen and oxygen atoms in total. The number of rotatable bonds is 4. The van der Waals surface area contributed by atoms with Crippen LogP contribution in [0.2, 0.25) is 5.02 Å². The number of alkyl halides is 3. The number of nitro groups is 1. The average Bonchev–Trinajstić information content (AvgIpc) is 2.47. The van der Waals surface area contributed by atoms with E-state index in [-0.39, 0.29) is 27.8 Å². The molecule has 0 saturated carbocycles. The zero-order valence-corrected chi connectivity index (χ0v) is 12.2. The molecule has 0 aromatic heterocycles. The van der Waals surface area contributed by atoms with Crippen molar-refractivity contribution < 1.29 is 22.8 Å². The Morgan fingerprint density at radius 2 is 1.91 bits per heavy atom. The van der Waals surface area contributed by atoms with Crippen LogP contribution in [0.3, 0.4) is 0 Å². The van der Waals surface area contributed by atoms with Crippen LogP contribution in [-0.4, -0.2) is 4.92 Å². The van der Waals surface area contributed by atoms with E-state index in [0.717, 1.165) is 18.2 Å². The first-order valence-corrected chi connectivity index (χ1v) is 6.55. The molecule has 120 valence electrons. The number of benzene rings is 2. The summed E-state index contributed by atoms with van der Waals surface area (Å²) in [6.45, 7) is 3.47. The minimum absolute atomic E-state index is 0.00327. The van der Waals surface area contributed by atoms with Crippen LogP contribution in [0, 0.1) is 10.1 Å². The van der Waals surface area contributed by atoms with E-state index in [9.17, 15) is 23.3 Å². The van der Waals surface area contributed by atoms with Gasteiger partial charge in [-0.3, -0.25) is 10.1 Å². The molecule has 0 radical (unpaired) electrons. The van der Waals surface area contributed by atoms with E-state index in [0.29, 0.717) is 0 Å². The Kier molecular flexibility index (Phi) is 4.60. The Morgan fingerprint density at radius 1 is 1.22 bits per heavy atom. The van der Waals surface area contributed by atoms with Gasteiger partial charge in [-0.05, 0) is 30.3 Å². The zero-order valence-electron chi connectivity index (χ0n) is 11.4. The zero-order chi connectivity index (χ0) is 17.2. The van der Waals surface area contributed by atoms with Gasteiger partial charge in [-0.1, -0.05) is 24.3 Å². The van der Waals surface area contributed by atoms with Gasteiger partial charge in [-0.15, -0.1) is 0 Å². The number of hydrogen-bond acceptors (Lipinski definition) is 3. The fourth-order valence-corrected chi connectivity index (χ4v) is 2.03. The highest BCUT2D eigenvalue weighted by molar-refractivity contribution is 6.32. The van der Waals surface area contributed by atoms with Crippen LogP contribution < -0.4 is 4.74 Å². The predicted octanol–water partition coefficient (Wildman–Crippen LogP) is 5.70. The summed E-state index contributed by atoms with van der Waals surface area (Å²) >= 11 is 5.79. The quantitative estimate of drug-likeness (QED) is 0.528. The number of hydrogen-bond donors (Lipinski definition) is 0. The Morgan fingerprint density at radius 3 is 2.43 bits per heavy atom. The molecular weight excluding hydrogens is 335 g/mol. The summed E-state index contributed by atoms with van der Waals surface area (Å²) in [7, 11) is 0. The first-order valence-electron chi connectivity index (χ1n) is 6.18. The van der Waals surface area contributed by atoms with Crippen LogP contribution in [0.4, 0.5) is 18.9 Å². The van der Waals surface area contributed by atoms with Gasteiger partial charge < -0.3 is 4.74 Å². The molecule has 0 N–H and O–H groups in total. The van der Waals surface area contributed by atoms with Crippen molar-refractivity contribution in [3.8, 4) is 11.5 Å². The van der Waals surface area contributed by atoms with E-state index in [4.69, 9.17) is 16.3 Å². The van der Waals surface area contributed by atoms with E-state index in [1.54, 1.807) is 0 Å². The van der Waals surface area contributed by atoms with E-state index < -0.39 is 16.7 Å². The van der Waals surface area contributed by atoms with E-state index in [1.807, 2.05) is 0 Å². The molecule has 0 bridgehead atoms.